The molecule has 53 heavy (non-hydrogen) atoms. The van der Waals surface area contributed by atoms with E-state index in [0.717, 1.165) is 73.3 Å². The number of aliphatic hydroxyl groups excluding tert-OH is 1. The molecule has 0 saturated carbocycles. The first-order valence-electron chi connectivity index (χ1n) is 19.2. The Kier molecular flexibility index (Phi) is 20.6. The van der Waals surface area contributed by atoms with Gasteiger partial charge >= 0.3 is 11.9 Å². The lowest BCUT2D eigenvalue weighted by Gasteiger charge is -2.19. The second-order valence-electron chi connectivity index (χ2n) is 13.5. The van der Waals surface area contributed by atoms with E-state index in [1.165, 1.54) is 5.56 Å². The Morgan fingerprint density at radius 2 is 1.17 bits per heavy atom. The van der Waals surface area contributed by atoms with Crippen molar-refractivity contribution >= 4 is 11.9 Å². The van der Waals surface area contributed by atoms with E-state index in [9.17, 15) is 9.59 Å². The van der Waals surface area contributed by atoms with E-state index in [2.05, 4.69) is 18.7 Å². The molecule has 0 radical (unpaired) electrons. The van der Waals surface area contributed by atoms with Gasteiger partial charge in [0.05, 0.1) is 32.3 Å². The number of rotatable bonds is 28. The van der Waals surface area contributed by atoms with Gasteiger partial charge in [0, 0.05) is 12.2 Å². The molecular weight excluding hydrogens is 672 g/mol. The Morgan fingerprint density at radius 1 is 0.604 bits per heavy atom. The zero-order valence-electron chi connectivity index (χ0n) is 32.1. The molecule has 3 aromatic rings. The number of para-hydroxylation sites is 1. The number of hydrogen-bond donors (Lipinski definition) is 1. The molecule has 0 saturated heterocycles. The molecular formula is C44H60O9. The van der Waals surface area contributed by atoms with Crippen LogP contribution in [0, 0.1) is 5.92 Å². The number of aliphatic hydroxyl groups is 1. The van der Waals surface area contributed by atoms with Crippen molar-refractivity contribution < 1.29 is 43.1 Å². The maximum absolute atomic E-state index is 12.1. The zero-order valence-corrected chi connectivity index (χ0v) is 32.1. The molecule has 290 valence electrons. The van der Waals surface area contributed by atoms with Gasteiger partial charge in [0.25, 0.3) is 0 Å². The van der Waals surface area contributed by atoms with Crippen molar-refractivity contribution in [1.82, 2.24) is 0 Å². The summed E-state index contributed by atoms with van der Waals surface area (Å²) in [5.74, 6) is 2.38. The third-order valence-corrected chi connectivity index (χ3v) is 8.41. The fourth-order valence-corrected chi connectivity index (χ4v) is 5.47. The van der Waals surface area contributed by atoms with E-state index in [4.69, 9.17) is 33.5 Å². The van der Waals surface area contributed by atoms with Crippen LogP contribution in [0.3, 0.4) is 0 Å². The minimum Gasteiger partial charge on any atom is -0.494 e. The second-order valence-corrected chi connectivity index (χ2v) is 13.5. The summed E-state index contributed by atoms with van der Waals surface area (Å²) in [6.45, 7) is 11.7. The van der Waals surface area contributed by atoms with Gasteiger partial charge in [0.2, 0.25) is 0 Å². The molecule has 0 aliphatic heterocycles. The summed E-state index contributed by atoms with van der Waals surface area (Å²) < 4.78 is 35.2. The third kappa shape index (κ3) is 17.7. The number of carbonyl (C=O) groups is 2. The minimum atomic E-state index is -0.400. The highest BCUT2D eigenvalue weighted by atomic mass is 16.5. The molecule has 9 heteroatoms. The van der Waals surface area contributed by atoms with Crippen LogP contribution in [-0.2, 0) is 38.3 Å². The van der Waals surface area contributed by atoms with Crippen molar-refractivity contribution in [2.75, 3.05) is 46.2 Å². The summed E-state index contributed by atoms with van der Waals surface area (Å²) in [6, 6.07) is 21.9. The van der Waals surface area contributed by atoms with Crippen LogP contribution < -0.4 is 18.9 Å². The van der Waals surface area contributed by atoms with Crippen molar-refractivity contribution in [1.29, 1.82) is 0 Å². The maximum Gasteiger partial charge on any atom is 0.333 e. The summed E-state index contributed by atoms with van der Waals surface area (Å²) in [7, 11) is 0. The molecule has 9 nitrogen and oxygen atoms in total. The molecule has 0 amide bonds. The molecule has 1 N–H and O–H groups in total. The summed E-state index contributed by atoms with van der Waals surface area (Å²) in [6.07, 6.45) is 9.14. The van der Waals surface area contributed by atoms with E-state index in [1.54, 1.807) is 6.92 Å². The van der Waals surface area contributed by atoms with Gasteiger partial charge in [-0.2, -0.15) is 0 Å². The van der Waals surface area contributed by atoms with Crippen LogP contribution in [0.5, 0.6) is 23.0 Å². The fraction of sp³-hybridized carbons (Fsp3) is 0.500. The standard InChI is InChI=1S/C44H60O9/c1-34(2)43(46)52-28-14-17-37-32-41(50-31-30-49-39-19-9-5-10-20-39)33-38(18-15-29-53-44(47)35(3)4)42(37)51-27-12-6-8-16-36-21-23-40(24-22-36)48-26-13-7-11-25-45/h5,9-10,19-24,32-33,35,45H,1,6-8,11-18,25-31H2,2-4H3. The van der Waals surface area contributed by atoms with Gasteiger partial charge in [0.1, 0.15) is 36.2 Å². The molecule has 0 aromatic heterocycles. The highest BCUT2D eigenvalue weighted by Gasteiger charge is 2.16. The predicted molar refractivity (Wildman–Crippen MR) is 208 cm³/mol. The highest BCUT2D eigenvalue weighted by molar-refractivity contribution is 5.86. The Hall–Kier alpha value is -4.50. The molecule has 0 spiro atoms. The van der Waals surface area contributed by atoms with Crippen molar-refractivity contribution in [3.8, 4) is 23.0 Å². The van der Waals surface area contributed by atoms with Crippen molar-refractivity contribution in [2.45, 2.75) is 91.4 Å². The van der Waals surface area contributed by atoms with E-state index in [0.29, 0.717) is 70.0 Å². The Morgan fingerprint density at radius 3 is 1.79 bits per heavy atom. The predicted octanol–water partition coefficient (Wildman–Crippen LogP) is 8.66. The Balaban J connectivity index is 1.62. The summed E-state index contributed by atoms with van der Waals surface area (Å²) in [4.78, 5) is 24.1. The number of aryl methyl sites for hydroxylation is 3. The minimum absolute atomic E-state index is 0.180. The monoisotopic (exact) mass is 732 g/mol. The summed E-state index contributed by atoms with van der Waals surface area (Å²) in [5.41, 5.74) is 3.60. The first kappa shape index (κ1) is 42.9. The van der Waals surface area contributed by atoms with E-state index >= 15 is 0 Å². The molecule has 0 fully saturated rings. The maximum atomic E-state index is 12.1. The number of ether oxygens (including phenoxy) is 6. The first-order valence-corrected chi connectivity index (χ1v) is 19.2. The normalized spacial score (nSPS) is 10.9. The van der Waals surface area contributed by atoms with Crippen LogP contribution >= 0.6 is 0 Å². The SMILES string of the molecule is C=C(C)C(=O)OCCCc1cc(OCCOc2ccccc2)cc(CCCOC(=O)C(C)C)c1OCCCCCc1ccc(OCCCCCO)cc1. The molecule has 0 aliphatic carbocycles. The first-order chi connectivity index (χ1) is 25.8. The van der Waals surface area contributed by atoms with Crippen LogP contribution in [0.2, 0.25) is 0 Å². The van der Waals surface area contributed by atoms with Crippen molar-refractivity contribution in [2.24, 2.45) is 5.92 Å². The number of carbonyl (C=O) groups excluding carboxylic acids is 2. The van der Waals surface area contributed by atoms with Gasteiger partial charge in [0.15, 0.2) is 0 Å². The quantitative estimate of drug-likeness (QED) is 0.0446. The lowest BCUT2D eigenvalue weighted by molar-refractivity contribution is -0.147. The second kappa shape index (κ2) is 25.5. The number of benzene rings is 3. The van der Waals surface area contributed by atoms with E-state index in [1.807, 2.05) is 68.4 Å². The van der Waals surface area contributed by atoms with Crippen LogP contribution in [0.4, 0.5) is 0 Å². The van der Waals surface area contributed by atoms with Crippen molar-refractivity contribution in [3.05, 3.63) is 95.6 Å². The van der Waals surface area contributed by atoms with Crippen LogP contribution in [0.15, 0.2) is 78.9 Å². The number of hydrogen-bond acceptors (Lipinski definition) is 9. The van der Waals surface area contributed by atoms with Crippen LogP contribution in [0.25, 0.3) is 0 Å². The lowest BCUT2D eigenvalue weighted by atomic mass is 10.0. The van der Waals surface area contributed by atoms with Crippen molar-refractivity contribution in [3.63, 3.8) is 0 Å². The third-order valence-electron chi connectivity index (χ3n) is 8.41. The number of unbranched alkanes of at least 4 members (excludes halogenated alkanes) is 4. The fourth-order valence-electron chi connectivity index (χ4n) is 5.47. The van der Waals surface area contributed by atoms with Gasteiger partial charge in [-0.3, -0.25) is 4.79 Å². The summed E-state index contributed by atoms with van der Waals surface area (Å²) in [5, 5.41) is 8.92. The van der Waals surface area contributed by atoms with E-state index < -0.39 is 5.97 Å². The average Bonchev–Trinajstić information content (AvgIpc) is 3.16. The van der Waals surface area contributed by atoms with E-state index in [-0.39, 0.29) is 25.1 Å². The van der Waals surface area contributed by atoms with Gasteiger partial charge < -0.3 is 33.5 Å². The van der Waals surface area contributed by atoms with Gasteiger partial charge in [-0.25, -0.2) is 4.79 Å². The number of esters is 2. The molecule has 3 rings (SSSR count). The van der Waals surface area contributed by atoms with Gasteiger partial charge in [-0.05, 0) is 131 Å². The zero-order chi connectivity index (χ0) is 38.1. The highest BCUT2D eigenvalue weighted by Crippen LogP contribution is 2.32. The average molecular weight is 733 g/mol. The topological polar surface area (TPSA) is 110 Å². The smallest absolute Gasteiger partial charge is 0.333 e. The molecule has 0 aliphatic rings. The molecule has 3 aromatic carbocycles. The lowest BCUT2D eigenvalue weighted by Crippen LogP contribution is -2.13. The summed E-state index contributed by atoms with van der Waals surface area (Å²) >= 11 is 0. The van der Waals surface area contributed by atoms with Gasteiger partial charge in [-0.15, -0.1) is 0 Å². The van der Waals surface area contributed by atoms with Crippen LogP contribution in [0.1, 0.15) is 88.8 Å². The van der Waals surface area contributed by atoms with Gasteiger partial charge in [-0.1, -0.05) is 50.8 Å². The molecule has 0 bridgehead atoms. The molecule has 0 atom stereocenters. The Labute approximate surface area is 316 Å². The van der Waals surface area contributed by atoms with Crippen LogP contribution in [-0.4, -0.2) is 63.3 Å². The molecule has 0 heterocycles. The largest absolute Gasteiger partial charge is 0.494 e. The molecule has 0 unspecified atom stereocenters. The Bertz CT molecular complexity index is 1480.